The van der Waals surface area contributed by atoms with Crippen LogP contribution in [-0.4, -0.2) is 6.03 Å². The van der Waals surface area contributed by atoms with E-state index in [0.29, 0.717) is 0 Å². The first-order chi connectivity index (χ1) is 3.42. The van der Waals surface area contributed by atoms with E-state index in [1.54, 1.807) is 0 Å². The molecule has 0 aromatic carbocycles. The van der Waals surface area contributed by atoms with Crippen molar-refractivity contribution in [1.29, 1.82) is 0 Å². The van der Waals surface area contributed by atoms with Crippen LogP contribution in [-0.2, 0) is 7.82 Å². The van der Waals surface area contributed by atoms with Gasteiger partial charge in [0.15, 0.2) is 0 Å². The van der Waals surface area contributed by atoms with Gasteiger partial charge in [-0.3, -0.25) is 0 Å². The molecular formula is CH3Br3CrN2O. The fourth-order valence-electron chi connectivity index (χ4n) is 0.114. The third-order valence-corrected chi connectivity index (χ3v) is 2.89. The van der Waals surface area contributed by atoms with Gasteiger partial charge in [0.25, 0.3) is 0 Å². The topological polar surface area (TPSA) is 55.1 Å². The van der Waals surface area contributed by atoms with E-state index in [9.17, 15) is 4.79 Å². The molecule has 2 amide bonds. The van der Waals surface area contributed by atoms with Crippen molar-refractivity contribution >= 4 is 48.2 Å². The van der Waals surface area contributed by atoms with Gasteiger partial charge in [-0.05, 0) is 0 Å². The Bertz CT molecular complexity index is 99.9. The van der Waals surface area contributed by atoms with E-state index in [2.05, 4.69) is 46.5 Å². The summed E-state index contributed by atoms with van der Waals surface area (Å²) >= 11 is 9.47. The van der Waals surface area contributed by atoms with Gasteiger partial charge in [0.2, 0.25) is 0 Å². The Kier molecular flexibility index (Phi) is 3.95. The molecule has 50 valence electrons. The molecule has 0 saturated heterocycles. The van der Waals surface area contributed by atoms with Crippen LogP contribution < -0.4 is 10.0 Å². The molecule has 0 aliphatic carbocycles. The summed E-state index contributed by atoms with van der Waals surface area (Å²) in [6.45, 7) is 0. The van der Waals surface area contributed by atoms with E-state index in [1.165, 1.54) is 0 Å². The van der Waals surface area contributed by atoms with Crippen LogP contribution in [0.3, 0.4) is 0 Å². The maximum absolute atomic E-state index is 10.1. The predicted molar refractivity (Wildman–Crippen MR) is 39.5 cm³/mol. The molecule has 0 atom stereocenters. The molecule has 0 radical (unpaired) electrons. The van der Waals surface area contributed by atoms with E-state index in [4.69, 9.17) is 5.73 Å². The second-order valence-corrected chi connectivity index (χ2v) is 25.2. The number of amides is 2. The third kappa shape index (κ3) is 7.24. The van der Waals surface area contributed by atoms with Crippen LogP contribution in [0.15, 0.2) is 0 Å². The normalized spacial score (nSPS) is 12.9. The molecule has 0 spiro atoms. The third-order valence-electron chi connectivity index (χ3n) is 0.216. The van der Waals surface area contributed by atoms with E-state index in [0.717, 1.165) is 0 Å². The molecule has 0 aliphatic rings. The molecule has 3 N–H and O–H groups in total. The Hall–Kier alpha value is 1.24. The summed E-state index contributed by atoms with van der Waals surface area (Å²) in [4.78, 5) is 10.1. The van der Waals surface area contributed by atoms with E-state index in [1.807, 2.05) is 0 Å². The summed E-state index contributed by atoms with van der Waals surface area (Å²) < 4.78 is 2.43. The first-order valence-electron chi connectivity index (χ1n) is 1.41. The predicted octanol–water partition coefficient (Wildman–Crippen LogP) is 1.65. The standard InChI is InChI=1S/CH4N2O.3BrH.Cr/c2-1(3)4;;;;/h(H4,2,3,4);3*1H;/q;;;;+4/p-4. The van der Waals surface area contributed by atoms with Crippen molar-refractivity contribution in [2.24, 2.45) is 5.73 Å². The molecule has 0 unspecified atom stereocenters. The van der Waals surface area contributed by atoms with Crippen LogP contribution in [0, 0.1) is 0 Å². The number of carbonyl (C=O) groups excluding carboxylic acids is 1. The first-order valence-corrected chi connectivity index (χ1v) is 11.5. The number of halogens is 3. The van der Waals surface area contributed by atoms with Crippen molar-refractivity contribution in [2.75, 3.05) is 0 Å². The minimum atomic E-state index is -2.16. The van der Waals surface area contributed by atoms with E-state index < -0.39 is 13.8 Å². The molecule has 3 nitrogen and oxygen atoms in total. The second kappa shape index (κ2) is 3.42. The molecule has 0 heterocycles. The number of primary amides is 1. The fourth-order valence-corrected chi connectivity index (χ4v) is 2.44. The second-order valence-electron chi connectivity index (χ2n) is 0.873. The van der Waals surface area contributed by atoms with Crippen LogP contribution in [0.1, 0.15) is 0 Å². The fraction of sp³-hybridized carbons (Fsp3) is 0. The average molecular weight is 351 g/mol. The van der Waals surface area contributed by atoms with Crippen LogP contribution in [0.4, 0.5) is 4.79 Å². The molecule has 0 saturated carbocycles. The van der Waals surface area contributed by atoms with Crippen molar-refractivity contribution in [2.45, 2.75) is 0 Å². The summed E-state index contributed by atoms with van der Waals surface area (Å²) in [5.74, 6) is 0. The molecule has 8 heavy (non-hydrogen) atoms. The quantitative estimate of drug-likeness (QED) is 0.742. The van der Waals surface area contributed by atoms with Crippen molar-refractivity contribution < 1.29 is 12.6 Å². The van der Waals surface area contributed by atoms with Crippen molar-refractivity contribution in [3.05, 3.63) is 0 Å². The van der Waals surface area contributed by atoms with Gasteiger partial charge in [-0.2, -0.15) is 0 Å². The average Bonchev–Trinajstić information content (AvgIpc) is 1.21. The summed E-state index contributed by atoms with van der Waals surface area (Å²) in [5.41, 5.74) is 4.78. The molecule has 0 rings (SSSR count). The van der Waals surface area contributed by atoms with Gasteiger partial charge in [0.05, 0.1) is 0 Å². The summed E-state index contributed by atoms with van der Waals surface area (Å²) in [7, 11) is -2.16. The Morgan fingerprint density at radius 2 is 1.88 bits per heavy atom. The van der Waals surface area contributed by atoms with Gasteiger partial charge < -0.3 is 0 Å². The van der Waals surface area contributed by atoms with Crippen LogP contribution in [0.25, 0.3) is 0 Å². The van der Waals surface area contributed by atoms with Crippen LogP contribution >= 0.6 is 42.2 Å². The molecule has 0 aliphatic heterocycles. The SMILES string of the molecule is NC(=O)[NH][Cr]([Br])([Br])[Br]. The number of nitrogens with two attached hydrogens (primary N) is 1. The minimum absolute atomic E-state index is 0.546. The van der Waals surface area contributed by atoms with Gasteiger partial charge in [0, 0.05) is 0 Å². The van der Waals surface area contributed by atoms with Gasteiger partial charge in [-0.25, -0.2) is 0 Å². The Morgan fingerprint density at radius 1 is 1.50 bits per heavy atom. The monoisotopic (exact) mass is 348 g/mol. The molecule has 0 fully saturated rings. The van der Waals surface area contributed by atoms with Gasteiger partial charge in [-0.15, -0.1) is 0 Å². The van der Waals surface area contributed by atoms with Crippen molar-refractivity contribution in [1.82, 2.24) is 4.30 Å². The molecule has 7 heteroatoms. The first kappa shape index (κ1) is 9.24. The Morgan fingerprint density at radius 3 is 1.88 bits per heavy atom. The number of nitrogens with one attached hydrogen (secondary N) is 1. The summed E-state index contributed by atoms with van der Waals surface area (Å²) in [6, 6.07) is -0.546. The van der Waals surface area contributed by atoms with Crippen LogP contribution in [0.5, 0.6) is 0 Å². The summed E-state index contributed by atoms with van der Waals surface area (Å²) in [6.07, 6.45) is 0. The molecular weight excluding hydrogens is 348 g/mol. The Labute approximate surface area is 70.2 Å². The number of urea groups is 1. The van der Waals surface area contributed by atoms with E-state index in [-0.39, 0.29) is 0 Å². The van der Waals surface area contributed by atoms with Crippen LogP contribution in [0.2, 0.25) is 0 Å². The maximum atomic E-state index is 10.1. The van der Waals surface area contributed by atoms with Gasteiger partial charge >= 0.3 is 70.8 Å². The van der Waals surface area contributed by atoms with Crippen molar-refractivity contribution in [3.8, 4) is 0 Å². The van der Waals surface area contributed by atoms with Crippen molar-refractivity contribution in [3.63, 3.8) is 0 Å². The number of hydrogen-bond donors (Lipinski definition) is 2. The number of carbonyl (C=O) groups is 1. The van der Waals surface area contributed by atoms with Gasteiger partial charge in [0.1, 0.15) is 0 Å². The Balaban J connectivity index is 3.55. The zero-order chi connectivity index (χ0) is 6.78. The number of rotatable bonds is 1. The zero-order valence-corrected chi connectivity index (χ0v) is 9.56. The van der Waals surface area contributed by atoms with Gasteiger partial charge in [-0.1, -0.05) is 0 Å². The number of hydrogen-bond acceptors (Lipinski definition) is 1. The molecule has 0 aromatic rings. The zero-order valence-electron chi connectivity index (χ0n) is 3.53. The summed E-state index contributed by atoms with van der Waals surface area (Å²) in [5, 5.41) is 0. The molecule has 0 bridgehead atoms. The van der Waals surface area contributed by atoms with E-state index >= 15 is 0 Å². The molecule has 0 aromatic heterocycles.